The molecule has 2 aromatic rings. The van der Waals surface area contributed by atoms with Gasteiger partial charge in [-0.1, -0.05) is 12.1 Å². The van der Waals surface area contributed by atoms with Crippen molar-refractivity contribution in [2.45, 2.75) is 13.5 Å². The van der Waals surface area contributed by atoms with Crippen molar-refractivity contribution in [1.82, 2.24) is 15.5 Å². The van der Waals surface area contributed by atoms with Gasteiger partial charge in [-0.15, -0.1) is 10.2 Å². The van der Waals surface area contributed by atoms with E-state index in [1.807, 2.05) is 43.1 Å². The maximum atomic E-state index is 11.6. The number of hydrogen-bond acceptors (Lipinski definition) is 5. The molecule has 1 heterocycles. The minimum atomic E-state index is -0.213. The second-order valence-electron chi connectivity index (χ2n) is 4.74. The van der Waals surface area contributed by atoms with E-state index in [-0.39, 0.29) is 5.91 Å². The second-order valence-corrected chi connectivity index (χ2v) is 4.74. The lowest BCUT2D eigenvalue weighted by Crippen LogP contribution is -2.25. The summed E-state index contributed by atoms with van der Waals surface area (Å²) in [5, 5.41) is 10.7. The van der Waals surface area contributed by atoms with Gasteiger partial charge in [-0.05, 0) is 36.8 Å². The molecule has 3 N–H and O–H groups in total. The van der Waals surface area contributed by atoms with E-state index in [2.05, 4.69) is 15.5 Å². The minimum Gasteiger partial charge on any atom is -0.399 e. The molecule has 0 aliphatic rings. The van der Waals surface area contributed by atoms with Crippen LogP contribution in [0, 0.1) is 0 Å². The number of carbonyl (C=O) groups excluding carboxylic acids is 1. The summed E-state index contributed by atoms with van der Waals surface area (Å²) in [6.45, 7) is 3.09. The highest BCUT2D eigenvalue weighted by atomic mass is 16.1. The van der Waals surface area contributed by atoms with Gasteiger partial charge in [0.1, 0.15) is 0 Å². The molecular weight excluding hydrogens is 266 g/mol. The van der Waals surface area contributed by atoms with E-state index in [4.69, 9.17) is 5.73 Å². The van der Waals surface area contributed by atoms with Crippen LogP contribution in [0.4, 0.5) is 11.5 Å². The Hall–Kier alpha value is -2.63. The first-order valence-electron chi connectivity index (χ1n) is 6.77. The topological polar surface area (TPSA) is 84.1 Å². The van der Waals surface area contributed by atoms with Crippen molar-refractivity contribution in [2.75, 3.05) is 24.2 Å². The number of nitrogen functional groups attached to an aromatic ring is 1. The van der Waals surface area contributed by atoms with E-state index in [1.165, 1.54) is 0 Å². The largest absolute Gasteiger partial charge is 0.399 e. The molecule has 0 saturated carbocycles. The molecular formula is C15H19N5O. The summed E-state index contributed by atoms with van der Waals surface area (Å²) in [5.74, 6) is 0.487. The molecule has 21 heavy (non-hydrogen) atoms. The second kappa shape index (κ2) is 6.69. The third-order valence-electron chi connectivity index (χ3n) is 2.98. The van der Waals surface area contributed by atoms with Crippen LogP contribution in [0.5, 0.6) is 0 Å². The van der Waals surface area contributed by atoms with Gasteiger partial charge in [-0.3, -0.25) is 4.79 Å². The van der Waals surface area contributed by atoms with Gasteiger partial charge in [0.05, 0.1) is 0 Å². The molecule has 0 atom stereocenters. The number of nitrogens with two attached hydrogens (primary N) is 1. The Morgan fingerprint density at radius 2 is 2.10 bits per heavy atom. The van der Waals surface area contributed by atoms with Crippen molar-refractivity contribution in [1.29, 1.82) is 0 Å². The molecule has 6 heteroatoms. The number of nitrogens with zero attached hydrogens (tertiary/aromatic N) is 3. The smallest absolute Gasteiger partial charge is 0.271 e. The average molecular weight is 285 g/mol. The highest BCUT2D eigenvalue weighted by Gasteiger charge is 2.09. The zero-order valence-electron chi connectivity index (χ0n) is 12.2. The van der Waals surface area contributed by atoms with Gasteiger partial charge in [-0.2, -0.15) is 0 Å². The number of nitrogens with one attached hydrogen (secondary N) is 1. The quantitative estimate of drug-likeness (QED) is 0.812. The van der Waals surface area contributed by atoms with E-state index in [0.717, 1.165) is 11.3 Å². The molecule has 0 radical (unpaired) electrons. The monoisotopic (exact) mass is 285 g/mol. The Morgan fingerprint density at radius 3 is 2.71 bits per heavy atom. The fourth-order valence-electron chi connectivity index (χ4n) is 1.95. The van der Waals surface area contributed by atoms with Crippen LogP contribution in [0.1, 0.15) is 23.0 Å². The third-order valence-corrected chi connectivity index (χ3v) is 2.98. The maximum Gasteiger partial charge on any atom is 0.271 e. The first-order chi connectivity index (χ1) is 10.1. The van der Waals surface area contributed by atoms with E-state index >= 15 is 0 Å². The number of amides is 1. The van der Waals surface area contributed by atoms with Gasteiger partial charge in [0.2, 0.25) is 0 Å². The zero-order chi connectivity index (χ0) is 15.2. The highest BCUT2D eigenvalue weighted by molar-refractivity contribution is 5.92. The van der Waals surface area contributed by atoms with E-state index < -0.39 is 0 Å². The molecule has 1 aromatic heterocycles. The number of benzene rings is 1. The first kappa shape index (κ1) is 14.8. The van der Waals surface area contributed by atoms with Gasteiger partial charge in [0.15, 0.2) is 11.5 Å². The first-order valence-corrected chi connectivity index (χ1v) is 6.77. The van der Waals surface area contributed by atoms with E-state index in [9.17, 15) is 4.79 Å². The number of hydrogen-bond donors (Lipinski definition) is 2. The Morgan fingerprint density at radius 1 is 1.29 bits per heavy atom. The lowest BCUT2D eigenvalue weighted by molar-refractivity contribution is 0.0950. The van der Waals surface area contributed by atoms with E-state index in [1.54, 1.807) is 12.1 Å². The summed E-state index contributed by atoms with van der Waals surface area (Å²) in [7, 11) is 1.92. The van der Waals surface area contributed by atoms with Crippen molar-refractivity contribution in [3.05, 3.63) is 47.7 Å². The number of rotatable bonds is 5. The summed E-state index contributed by atoms with van der Waals surface area (Å²) in [5.41, 5.74) is 7.91. The van der Waals surface area contributed by atoms with Crippen LogP contribution in [0.2, 0.25) is 0 Å². The lowest BCUT2D eigenvalue weighted by atomic mass is 10.2. The summed E-state index contributed by atoms with van der Waals surface area (Å²) >= 11 is 0. The predicted molar refractivity (Wildman–Crippen MR) is 83.0 cm³/mol. The molecule has 0 bridgehead atoms. The van der Waals surface area contributed by atoms with Gasteiger partial charge in [0, 0.05) is 25.8 Å². The van der Waals surface area contributed by atoms with Crippen LogP contribution in [-0.2, 0) is 6.54 Å². The molecule has 0 fully saturated rings. The summed E-state index contributed by atoms with van der Waals surface area (Å²) in [4.78, 5) is 13.6. The number of anilines is 2. The molecule has 6 nitrogen and oxygen atoms in total. The Balaban J connectivity index is 2.06. The van der Waals surface area contributed by atoms with Gasteiger partial charge < -0.3 is 16.0 Å². The molecule has 2 rings (SSSR count). The van der Waals surface area contributed by atoms with E-state index in [0.29, 0.717) is 24.6 Å². The normalized spacial score (nSPS) is 10.2. The fourth-order valence-corrected chi connectivity index (χ4v) is 1.95. The SMILES string of the molecule is CCNC(=O)c1ccc(N(C)Cc2cccc(N)c2)nn1. The molecule has 0 saturated heterocycles. The zero-order valence-corrected chi connectivity index (χ0v) is 12.2. The van der Waals surface area contributed by atoms with Crippen molar-refractivity contribution in [3.8, 4) is 0 Å². The van der Waals surface area contributed by atoms with Crippen molar-refractivity contribution in [3.63, 3.8) is 0 Å². The Kier molecular flexibility index (Phi) is 4.71. The van der Waals surface area contributed by atoms with Crippen LogP contribution in [0.25, 0.3) is 0 Å². The summed E-state index contributed by atoms with van der Waals surface area (Å²) < 4.78 is 0. The fraction of sp³-hybridized carbons (Fsp3) is 0.267. The van der Waals surface area contributed by atoms with Crippen LogP contribution in [0.3, 0.4) is 0 Å². The standard InChI is InChI=1S/C15H19N5O/c1-3-17-15(21)13-7-8-14(19-18-13)20(2)10-11-5-4-6-12(16)9-11/h4-9H,3,10,16H2,1-2H3,(H,17,21). The number of carbonyl (C=O) groups is 1. The molecule has 0 aliphatic carbocycles. The number of aromatic nitrogens is 2. The van der Waals surface area contributed by atoms with Crippen LogP contribution < -0.4 is 16.0 Å². The maximum absolute atomic E-state index is 11.6. The van der Waals surface area contributed by atoms with Gasteiger partial charge in [0.25, 0.3) is 5.91 Å². The van der Waals surface area contributed by atoms with Crippen LogP contribution in [-0.4, -0.2) is 29.7 Å². The predicted octanol–water partition coefficient (Wildman–Crippen LogP) is 1.44. The van der Waals surface area contributed by atoms with Crippen LogP contribution >= 0.6 is 0 Å². The van der Waals surface area contributed by atoms with Gasteiger partial charge >= 0.3 is 0 Å². The molecule has 0 unspecified atom stereocenters. The Bertz CT molecular complexity index is 612. The molecule has 1 aromatic carbocycles. The van der Waals surface area contributed by atoms with Gasteiger partial charge in [-0.25, -0.2) is 0 Å². The summed E-state index contributed by atoms with van der Waals surface area (Å²) in [6.07, 6.45) is 0. The third kappa shape index (κ3) is 3.92. The highest BCUT2D eigenvalue weighted by Crippen LogP contribution is 2.13. The molecule has 0 aliphatic heterocycles. The molecule has 0 spiro atoms. The molecule has 1 amide bonds. The van der Waals surface area contributed by atoms with Crippen molar-refractivity contribution >= 4 is 17.4 Å². The molecule has 110 valence electrons. The van der Waals surface area contributed by atoms with Crippen molar-refractivity contribution in [2.24, 2.45) is 0 Å². The summed E-state index contributed by atoms with van der Waals surface area (Å²) in [6, 6.07) is 11.1. The lowest BCUT2D eigenvalue weighted by Gasteiger charge is -2.17. The van der Waals surface area contributed by atoms with Crippen molar-refractivity contribution < 1.29 is 4.79 Å². The van der Waals surface area contributed by atoms with Crippen LogP contribution in [0.15, 0.2) is 36.4 Å². The minimum absolute atomic E-state index is 0.213. The average Bonchev–Trinajstić information content (AvgIpc) is 2.47. The Labute approximate surface area is 124 Å².